The van der Waals surface area contributed by atoms with Crippen LogP contribution < -0.4 is 5.32 Å². The number of hydrogen-bond donors (Lipinski definition) is 1. The smallest absolute Gasteiger partial charge is 0.269 e. The van der Waals surface area contributed by atoms with Crippen molar-refractivity contribution in [3.05, 3.63) is 18.0 Å². The molecule has 1 atom stereocenters. The van der Waals surface area contributed by atoms with Gasteiger partial charge in [-0.1, -0.05) is 0 Å². The molecule has 4 aliphatic rings. The van der Waals surface area contributed by atoms with Crippen molar-refractivity contribution in [2.75, 3.05) is 0 Å². The number of carbonyl (C=O) groups excluding carboxylic acids is 1. The number of nitrogens with zero attached hydrogens (tertiary/aromatic N) is 2. The Hall–Kier alpha value is -1.32. The summed E-state index contributed by atoms with van der Waals surface area (Å²) in [5, 5.41) is 7.37. The normalized spacial score (nSPS) is 38.5. The Morgan fingerprint density at radius 1 is 1.29 bits per heavy atom. The maximum Gasteiger partial charge on any atom is 0.269 e. The van der Waals surface area contributed by atoms with Crippen LogP contribution in [0.1, 0.15) is 55.9 Å². The van der Waals surface area contributed by atoms with Crippen molar-refractivity contribution < 1.29 is 4.79 Å². The molecule has 4 saturated carbocycles. The third-order valence-electron chi connectivity index (χ3n) is 6.41. The van der Waals surface area contributed by atoms with Crippen molar-refractivity contribution in [3.63, 3.8) is 0 Å². The van der Waals surface area contributed by atoms with E-state index >= 15 is 0 Å². The Balaban J connectivity index is 1.51. The molecule has 4 aliphatic carbocycles. The Morgan fingerprint density at radius 3 is 2.33 bits per heavy atom. The molecule has 1 aromatic heterocycles. The summed E-state index contributed by atoms with van der Waals surface area (Å²) in [7, 11) is 1.82. The van der Waals surface area contributed by atoms with Gasteiger partial charge in [0.1, 0.15) is 5.69 Å². The minimum absolute atomic E-state index is 0.0262. The number of aromatic nitrogens is 2. The second-order valence-corrected chi connectivity index (χ2v) is 7.82. The monoisotopic (exact) mass is 287 g/mol. The van der Waals surface area contributed by atoms with Crippen molar-refractivity contribution in [2.45, 2.75) is 51.5 Å². The van der Waals surface area contributed by atoms with Crippen molar-refractivity contribution in [2.24, 2.45) is 30.2 Å². The number of carbonyl (C=O) groups is 1. The standard InChI is InChI=1S/C17H25N3O/c1-11(19-16(21)15-3-4-18-20(15)2)17-8-12-5-13(9-17)7-14(6-12)10-17/h3-4,11-14H,5-10H2,1-2H3,(H,19,21)/t11-,12?,13?,14?,17?/m1/s1. The van der Waals surface area contributed by atoms with Crippen LogP contribution in [0.15, 0.2) is 12.3 Å². The van der Waals surface area contributed by atoms with E-state index in [1.807, 2.05) is 7.05 Å². The number of nitrogens with one attached hydrogen (secondary N) is 1. The van der Waals surface area contributed by atoms with Crippen LogP contribution in [0.25, 0.3) is 0 Å². The van der Waals surface area contributed by atoms with Gasteiger partial charge in [-0.2, -0.15) is 5.10 Å². The van der Waals surface area contributed by atoms with Gasteiger partial charge >= 0.3 is 0 Å². The quantitative estimate of drug-likeness (QED) is 0.929. The average Bonchev–Trinajstić information content (AvgIpc) is 2.83. The van der Waals surface area contributed by atoms with E-state index in [1.165, 1.54) is 38.5 Å². The van der Waals surface area contributed by atoms with Crippen LogP contribution in [0, 0.1) is 23.2 Å². The van der Waals surface area contributed by atoms with E-state index in [4.69, 9.17) is 0 Å². The number of amides is 1. The molecule has 21 heavy (non-hydrogen) atoms. The molecule has 0 aliphatic heterocycles. The SMILES string of the molecule is C[C@@H](NC(=O)c1ccnn1C)C12CC3CC(CC(C3)C1)C2. The van der Waals surface area contributed by atoms with Gasteiger partial charge < -0.3 is 5.32 Å². The van der Waals surface area contributed by atoms with Crippen LogP contribution in [0.2, 0.25) is 0 Å². The number of rotatable bonds is 3. The maximum absolute atomic E-state index is 12.5. The van der Waals surface area contributed by atoms with Gasteiger partial charge in [-0.15, -0.1) is 0 Å². The predicted octanol–water partition coefficient (Wildman–Crippen LogP) is 2.75. The molecule has 0 aromatic carbocycles. The Kier molecular flexibility index (Phi) is 2.92. The first-order valence-corrected chi connectivity index (χ1v) is 8.34. The molecule has 1 amide bonds. The van der Waals surface area contributed by atoms with Gasteiger partial charge in [-0.05, 0) is 74.7 Å². The lowest BCUT2D eigenvalue weighted by molar-refractivity contribution is -0.0688. The second kappa shape index (κ2) is 4.59. The summed E-state index contributed by atoms with van der Waals surface area (Å²) in [6.07, 6.45) is 10.00. The Labute approximate surface area is 126 Å². The third kappa shape index (κ3) is 2.11. The summed E-state index contributed by atoms with van der Waals surface area (Å²) in [6, 6.07) is 2.06. The lowest BCUT2D eigenvalue weighted by Crippen LogP contribution is -2.55. The molecule has 114 valence electrons. The zero-order valence-corrected chi connectivity index (χ0v) is 13.0. The molecule has 0 spiro atoms. The summed E-state index contributed by atoms with van der Waals surface area (Å²) in [5.41, 5.74) is 1.02. The van der Waals surface area contributed by atoms with E-state index in [2.05, 4.69) is 17.3 Å². The second-order valence-electron chi connectivity index (χ2n) is 7.82. The molecule has 5 rings (SSSR count). The zero-order valence-electron chi connectivity index (χ0n) is 13.0. The minimum Gasteiger partial charge on any atom is -0.348 e. The van der Waals surface area contributed by atoms with Crippen molar-refractivity contribution >= 4 is 5.91 Å². The molecule has 4 fully saturated rings. The maximum atomic E-state index is 12.5. The summed E-state index contributed by atoms with van der Waals surface area (Å²) in [4.78, 5) is 12.5. The number of aryl methyl sites for hydroxylation is 1. The predicted molar refractivity (Wildman–Crippen MR) is 80.7 cm³/mol. The van der Waals surface area contributed by atoms with Gasteiger partial charge in [0, 0.05) is 19.3 Å². The van der Waals surface area contributed by atoms with Crippen molar-refractivity contribution in [1.82, 2.24) is 15.1 Å². The van der Waals surface area contributed by atoms with E-state index in [9.17, 15) is 4.79 Å². The van der Waals surface area contributed by atoms with Crippen LogP contribution in [0.4, 0.5) is 0 Å². The highest BCUT2D eigenvalue weighted by atomic mass is 16.2. The van der Waals surface area contributed by atoms with E-state index in [-0.39, 0.29) is 11.9 Å². The first-order valence-electron chi connectivity index (χ1n) is 8.34. The molecule has 4 heteroatoms. The lowest BCUT2D eigenvalue weighted by atomic mass is 9.48. The largest absolute Gasteiger partial charge is 0.348 e. The molecule has 1 N–H and O–H groups in total. The summed E-state index contributed by atoms with van der Waals surface area (Å²) < 4.78 is 1.65. The van der Waals surface area contributed by atoms with Crippen molar-refractivity contribution in [3.8, 4) is 0 Å². The van der Waals surface area contributed by atoms with Gasteiger partial charge in [0.2, 0.25) is 0 Å². The molecular formula is C17H25N3O. The number of hydrogen-bond acceptors (Lipinski definition) is 2. The molecule has 0 saturated heterocycles. The van der Waals surface area contributed by atoms with Gasteiger partial charge in [0.25, 0.3) is 5.91 Å². The van der Waals surface area contributed by atoms with Crippen LogP contribution >= 0.6 is 0 Å². The molecule has 4 nitrogen and oxygen atoms in total. The molecular weight excluding hydrogens is 262 g/mol. The first-order chi connectivity index (χ1) is 10.1. The van der Waals surface area contributed by atoms with Crippen LogP contribution in [-0.4, -0.2) is 21.7 Å². The van der Waals surface area contributed by atoms with E-state index < -0.39 is 0 Å². The van der Waals surface area contributed by atoms with Gasteiger partial charge in [0.15, 0.2) is 0 Å². The van der Waals surface area contributed by atoms with Crippen LogP contribution in [-0.2, 0) is 7.05 Å². The van der Waals surface area contributed by atoms with Gasteiger partial charge in [-0.25, -0.2) is 0 Å². The fraction of sp³-hybridized carbons (Fsp3) is 0.765. The minimum atomic E-state index is 0.0262. The summed E-state index contributed by atoms with van der Waals surface area (Å²) >= 11 is 0. The third-order valence-corrected chi connectivity index (χ3v) is 6.41. The Bertz CT molecular complexity index is 527. The molecule has 0 radical (unpaired) electrons. The van der Waals surface area contributed by atoms with E-state index in [0.717, 1.165) is 17.8 Å². The van der Waals surface area contributed by atoms with Crippen LogP contribution in [0.3, 0.4) is 0 Å². The van der Waals surface area contributed by atoms with Gasteiger partial charge in [-0.3, -0.25) is 9.48 Å². The van der Waals surface area contributed by atoms with E-state index in [1.54, 1.807) is 16.9 Å². The highest BCUT2D eigenvalue weighted by Gasteiger charge is 2.53. The zero-order chi connectivity index (χ0) is 14.6. The van der Waals surface area contributed by atoms with Crippen LogP contribution in [0.5, 0.6) is 0 Å². The highest BCUT2D eigenvalue weighted by Crippen LogP contribution is 2.61. The molecule has 0 unspecified atom stereocenters. The Morgan fingerprint density at radius 2 is 1.86 bits per heavy atom. The topological polar surface area (TPSA) is 46.9 Å². The molecule has 1 aromatic rings. The highest BCUT2D eigenvalue weighted by molar-refractivity contribution is 5.92. The van der Waals surface area contributed by atoms with Gasteiger partial charge in [0.05, 0.1) is 0 Å². The fourth-order valence-corrected chi connectivity index (χ4v) is 5.73. The first kappa shape index (κ1) is 13.4. The van der Waals surface area contributed by atoms with E-state index in [0.29, 0.717) is 11.1 Å². The lowest BCUT2D eigenvalue weighted by Gasteiger charge is -2.59. The summed E-state index contributed by atoms with van der Waals surface area (Å²) in [5.74, 6) is 2.80. The molecule has 1 heterocycles. The summed E-state index contributed by atoms with van der Waals surface area (Å²) in [6.45, 7) is 2.22. The molecule has 4 bridgehead atoms. The van der Waals surface area contributed by atoms with Crippen molar-refractivity contribution in [1.29, 1.82) is 0 Å². The average molecular weight is 287 g/mol. The fourth-order valence-electron chi connectivity index (χ4n) is 5.73.